The van der Waals surface area contributed by atoms with Crippen molar-refractivity contribution < 1.29 is 0 Å². The van der Waals surface area contributed by atoms with Gasteiger partial charge in [0.1, 0.15) is 11.1 Å². The second-order valence-corrected chi connectivity index (χ2v) is 6.60. The van der Waals surface area contributed by atoms with Crippen molar-refractivity contribution in [3.05, 3.63) is 76.4 Å². The highest BCUT2D eigenvalue weighted by Crippen LogP contribution is 2.34. The first-order chi connectivity index (χ1) is 11.2. The van der Waals surface area contributed by atoms with Gasteiger partial charge in [-0.2, -0.15) is 5.26 Å². The molecule has 3 aromatic rings. The van der Waals surface area contributed by atoms with Gasteiger partial charge < -0.3 is 0 Å². The molecule has 0 amide bonds. The summed E-state index contributed by atoms with van der Waals surface area (Å²) in [5, 5.41) is 11.4. The first kappa shape index (κ1) is 15.9. The number of pyridine rings is 1. The van der Waals surface area contributed by atoms with Crippen LogP contribution in [0.4, 0.5) is 0 Å². The summed E-state index contributed by atoms with van der Waals surface area (Å²) in [6.45, 7) is 0. The molecular formula is C18H10Cl2N2S. The Labute approximate surface area is 148 Å². The average Bonchev–Trinajstić information content (AvgIpc) is 2.58. The van der Waals surface area contributed by atoms with Gasteiger partial charge in [-0.05, 0) is 35.9 Å². The zero-order chi connectivity index (χ0) is 16.2. The largest absolute Gasteiger partial charge is 0.248 e. The molecule has 0 radical (unpaired) electrons. The molecule has 0 N–H and O–H groups in total. The van der Waals surface area contributed by atoms with Crippen molar-refractivity contribution in [2.45, 2.75) is 9.92 Å². The molecule has 2 aromatic carbocycles. The minimum atomic E-state index is 0.516. The van der Waals surface area contributed by atoms with E-state index in [9.17, 15) is 5.26 Å². The molecule has 0 spiro atoms. The Balaban J connectivity index is 1.96. The van der Waals surface area contributed by atoms with Gasteiger partial charge in [-0.25, -0.2) is 4.98 Å². The van der Waals surface area contributed by atoms with Crippen LogP contribution in [0.3, 0.4) is 0 Å². The number of halogens is 2. The van der Waals surface area contributed by atoms with Gasteiger partial charge in [0.25, 0.3) is 0 Å². The van der Waals surface area contributed by atoms with Crippen molar-refractivity contribution in [3.8, 4) is 17.2 Å². The Bertz CT molecular complexity index is 886. The summed E-state index contributed by atoms with van der Waals surface area (Å²) in [6.07, 6.45) is 1.75. The first-order valence-electron chi connectivity index (χ1n) is 6.76. The Morgan fingerprint density at radius 2 is 1.70 bits per heavy atom. The predicted molar refractivity (Wildman–Crippen MR) is 95.0 cm³/mol. The van der Waals surface area contributed by atoms with E-state index in [0.717, 1.165) is 16.0 Å². The number of benzene rings is 2. The Kier molecular flexibility index (Phi) is 4.88. The highest BCUT2D eigenvalue weighted by atomic mass is 35.5. The van der Waals surface area contributed by atoms with E-state index in [1.54, 1.807) is 6.20 Å². The minimum absolute atomic E-state index is 0.516. The van der Waals surface area contributed by atoms with E-state index in [0.29, 0.717) is 20.6 Å². The van der Waals surface area contributed by atoms with Crippen LogP contribution < -0.4 is 0 Å². The van der Waals surface area contributed by atoms with Crippen LogP contribution in [0.2, 0.25) is 10.0 Å². The van der Waals surface area contributed by atoms with Gasteiger partial charge in [0.15, 0.2) is 0 Å². The van der Waals surface area contributed by atoms with E-state index in [4.69, 9.17) is 23.2 Å². The molecule has 0 aliphatic heterocycles. The maximum atomic E-state index is 9.42. The lowest BCUT2D eigenvalue weighted by molar-refractivity contribution is 1.11. The van der Waals surface area contributed by atoms with Gasteiger partial charge in [0, 0.05) is 21.7 Å². The van der Waals surface area contributed by atoms with Gasteiger partial charge in [0.05, 0.1) is 10.6 Å². The van der Waals surface area contributed by atoms with Crippen molar-refractivity contribution in [1.29, 1.82) is 5.26 Å². The molecule has 1 aromatic heterocycles. The van der Waals surface area contributed by atoms with Crippen molar-refractivity contribution in [2.24, 2.45) is 0 Å². The molecule has 1 heterocycles. The van der Waals surface area contributed by atoms with Crippen molar-refractivity contribution in [3.63, 3.8) is 0 Å². The lowest BCUT2D eigenvalue weighted by Gasteiger charge is -2.07. The molecule has 3 rings (SSSR count). The highest BCUT2D eigenvalue weighted by molar-refractivity contribution is 7.99. The zero-order valence-electron chi connectivity index (χ0n) is 11.8. The SMILES string of the molecule is N#Cc1cc(-c2ccc(Cl)cc2)cnc1Sc1ccccc1Cl. The Hall–Kier alpha value is -1.99. The number of hydrogen-bond donors (Lipinski definition) is 0. The first-order valence-corrected chi connectivity index (χ1v) is 8.33. The second kappa shape index (κ2) is 7.06. The summed E-state index contributed by atoms with van der Waals surface area (Å²) in [7, 11) is 0. The molecule has 0 aliphatic rings. The van der Waals surface area contributed by atoms with Gasteiger partial charge in [-0.3, -0.25) is 0 Å². The summed E-state index contributed by atoms with van der Waals surface area (Å²) in [5.74, 6) is 0. The lowest BCUT2D eigenvalue weighted by atomic mass is 10.1. The molecular weight excluding hydrogens is 347 g/mol. The Morgan fingerprint density at radius 3 is 2.39 bits per heavy atom. The lowest BCUT2D eigenvalue weighted by Crippen LogP contribution is -1.89. The Morgan fingerprint density at radius 1 is 0.957 bits per heavy atom. The molecule has 112 valence electrons. The molecule has 0 bridgehead atoms. The fraction of sp³-hybridized carbons (Fsp3) is 0. The van der Waals surface area contributed by atoms with Gasteiger partial charge >= 0.3 is 0 Å². The van der Waals surface area contributed by atoms with Gasteiger partial charge in [-0.1, -0.05) is 59.2 Å². The van der Waals surface area contributed by atoms with Crippen LogP contribution in [-0.4, -0.2) is 4.98 Å². The minimum Gasteiger partial charge on any atom is -0.248 e. The third-order valence-corrected chi connectivity index (χ3v) is 4.98. The van der Waals surface area contributed by atoms with E-state index < -0.39 is 0 Å². The van der Waals surface area contributed by atoms with E-state index in [-0.39, 0.29) is 0 Å². The molecule has 0 saturated carbocycles. The summed E-state index contributed by atoms with van der Waals surface area (Å²) < 4.78 is 0. The predicted octanol–water partition coefficient (Wildman–Crippen LogP) is 6.08. The quantitative estimate of drug-likeness (QED) is 0.570. The van der Waals surface area contributed by atoms with Crippen LogP contribution in [0.25, 0.3) is 11.1 Å². The van der Waals surface area contributed by atoms with Crippen LogP contribution in [-0.2, 0) is 0 Å². The molecule has 23 heavy (non-hydrogen) atoms. The fourth-order valence-corrected chi connectivity index (χ4v) is 3.26. The molecule has 0 unspecified atom stereocenters. The number of nitriles is 1. The van der Waals surface area contributed by atoms with Crippen molar-refractivity contribution in [2.75, 3.05) is 0 Å². The van der Waals surface area contributed by atoms with E-state index >= 15 is 0 Å². The normalized spacial score (nSPS) is 10.3. The molecule has 0 aliphatic carbocycles. The van der Waals surface area contributed by atoms with Gasteiger partial charge in [-0.15, -0.1) is 0 Å². The summed E-state index contributed by atoms with van der Waals surface area (Å²) in [4.78, 5) is 5.31. The van der Waals surface area contributed by atoms with E-state index in [2.05, 4.69) is 11.1 Å². The van der Waals surface area contributed by atoms with Crippen LogP contribution in [0.15, 0.2) is 70.7 Å². The molecule has 0 saturated heterocycles. The van der Waals surface area contributed by atoms with Crippen LogP contribution in [0, 0.1) is 11.3 Å². The summed E-state index contributed by atoms with van der Waals surface area (Å²) in [5.41, 5.74) is 2.36. The third-order valence-electron chi connectivity index (χ3n) is 3.19. The standard InChI is InChI=1S/C18H10Cl2N2S/c19-15-7-5-12(6-8-15)14-9-13(10-21)18(22-11-14)23-17-4-2-1-3-16(17)20/h1-9,11H. The van der Waals surface area contributed by atoms with Crippen molar-refractivity contribution in [1.82, 2.24) is 4.98 Å². The summed E-state index contributed by atoms with van der Waals surface area (Å²) >= 11 is 13.5. The number of aromatic nitrogens is 1. The highest BCUT2D eigenvalue weighted by Gasteiger charge is 2.10. The smallest absolute Gasteiger partial charge is 0.119 e. The number of nitrogens with zero attached hydrogens (tertiary/aromatic N) is 2. The average molecular weight is 357 g/mol. The molecule has 2 nitrogen and oxygen atoms in total. The number of hydrogen-bond acceptors (Lipinski definition) is 3. The maximum absolute atomic E-state index is 9.42. The summed E-state index contributed by atoms with van der Waals surface area (Å²) in [6, 6.07) is 19.0. The van der Waals surface area contributed by atoms with E-state index in [1.165, 1.54) is 11.8 Å². The van der Waals surface area contributed by atoms with Crippen LogP contribution >= 0.6 is 35.0 Å². The van der Waals surface area contributed by atoms with Gasteiger partial charge in [0.2, 0.25) is 0 Å². The maximum Gasteiger partial charge on any atom is 0.119 e. The number of rotatable bonds is 3. The van der Waals surface area contributed by atoms with E-state index in [1.807, 2.05) is 54.6 Å². The van der Waals surface area contributed by atoms with Crippen LogP contribution in [0.5, 0.6) is 0 Å². The topological polar surface area (TPSA) is 36.7 Å². The zero-order valence-corrected chi connectivity index (χ0v) is 14.2. The molecule has 0 fully saturated rings. The third kappa shape index (κ3) is 3.68. The van der Waals surface area contributed by atoms with Crippen molar-refractivity contribution >= 4 is 35.0 Å². The van der Waals surface area contributed by atoms with Crippen LogP contribution in [0.1, 0.15) is 5.56 Å². The fourth-order valence-electron chi connectivity index (χ4n) is 2.05. The molecule has 0 atom stereocenters. The monoisotopic (exact) mass is 356 g/mol. The molecule has 5 heteroatoms. The second-order valence-electron chi connectivity index (χ2n) is 4.73.